The van der Waals surface area contributed by atoms with E-state index in [2.05, 4.69) is 17.4 Å². The van der Waals surface area contributed by atoms with Crippen molar-refractivity contribution in [2.24, 2.45) is 5.92 Å². The first-order valence-electron chi connectivity index (χ1n) is 7.06. The first kappa shape index (κ1) is 14.0. The maximum Gasteiger partial charge on any atom is 0.251 e. The van der Waals surface area contributed by atoms with Crippen LogP contribution in [0, 0.1) is 5.92 Å². The minimum absolute atomic E-state index is 0.0654. The molecule has 1 fully saturated rings. The molecule has 3 rings (SSSR count). The molecule has 0 aromatic heterocycles. The topological polar surface area (TPSA) is 55.1 Å². The summed E-state index contributed by atoms with van der Waals surface area (Å²) in [6.07, 6.45) is 2.31. The van der Waals surface area contributed by atoms with Crippen LogP contribution in [0.5, 0.6) is 0 Å². The van der Waals surface area contributed by atoms with Crippen molar-refractivity contribution in [3.8, 4) is 0 Å². The number of rotatable bonds is 4. The van der Waals surface area contributed by atoms with Crippen molar-refractivity contribution in [1.82, 2.24) is 5.32 Å². The van der Waals surface area contributed by atoms with E-state index in [0.29, 0.717) is 22.2 Å². The Balaban J connectivity index is 1.79. The second kappa shape index (κ2) is 5.78. The highest BCUT2D eigenvalue weighted by atomic mass is 35.5. The van der Waals surface area contributed by atoms with Crippen LogP contribution in [0.15, 0.2) is 48.5 Å². The number of benzene rings is 2. The van der Waals surface area contributed by atoms with E-state index in [9.17, 15) is 4.79 Å². The number of halogens is 1. The van der Waals surface area contributed by atoms with Crippen molar-refractivity contribution in [2.75, 3.05) is 5.73 Å². The summed E-state index contributed by atoms with van der Waals surface area (Å²) in [4.78, 5) is 12.4. The molecule has 4 heteroatoms. The van der Waals surface area contributed by atoms with Crippen LogP contribution >= 0.6 is 11.6 Å². The molecular formula is C17H17ClN2O. The van der Waals surface area contributed by atoms with Gasteiger partial charge in [0.1, 0.15) is 0 Å². The number of hydrogen-bond donors (Lipinski definition) is 2. The van der Waals surface area contributed by atoms with Crippen LogP contribution in [0.1, 0.15) is 34.8 Å². The fraction of sp³-hybridized carbons (Fsp3) is 0.235. The fourth-order valence-corrected chi connectivity index (χ4v) is 2.59. The molecular weight excluding hydrogens is 284 g/mol. The number of nitrogens with one attached hydrogen (secondary N) is 1. The lowest BCUT2D eigenvalue weighted by Gasteiger charge is -2.19. The standard InChI is InChI=1S/C17H17ClN2O/c18-14-9-8-13(10-15(14)19)17(21)20-16(12-6-7-12)11-4-2-1-3-5-11/h1-5,8-10,12,16H,6-7,19H2,(H,20,21). The second-order valence-electron chi connectivity index (χ2n) is 5.44. The van der Waals surface area contributed by atoms with E-state index >= 15 is 0 Å². The lowest BCUT2D eigenvalue weighted by Crippen LogP contribution is -2.29. The summed E-state index contributed by atoms with van der Waals surface area (Å²) < 4.78 is 0. The largest absolute Gasteiger partial charge is 0.398 e. The van der Waals surface area contributed by atoms with Crippen LogP contribution < -0.4 is 11.1 Å². The van der Waals surface area contributed by atoms with Gasteiger partial charge >= 0.3 is 0 Å². The monoisotopic (exact) mass is 300 g/mol. The number of anilines is 1. The Hall–Kier alpha value is -2.00. The van der Waals surface area contributed by atoms with E-state index in [4.69, 9.17) is 17.3 Å². The molecule has 3 N–H and O–H groups in total. The summed E-state index contributed by atoms with van der Waals surface area (Å²) in [6.45, 7) is 0. The van der Waals surface area contributed by atoms with Gasteiger partial charge in [0.15, 0.2) is 0 Å². The van der Waals surface area contributed by atoms with Gasteiger partial charge in [-0.3, -0.25) is 4.79 Å². The number of nitrogen functional groups attached to an aromatic ring is 1. The molecule has 0 bridgehead atoms. The van der Waals surface area contributed by atoms with E-state index in [0.717, 1.165) is 18.4 Å². The summed E-state index contributed by atoms with van der Waals surface area (Å²) in [5, 5.41) is 3.59. The average molecular weight is 301 g/mol. The van der Waals surface area contributed by atoms with E-state index in [-0.39, 0.29) is 11.9 Å². The van der Waals surface area contributed by atoms with Crippen LogP contribution in [-0.4, -0.2) is 5.91 Å². The molecule has 2 aromatic carbocycles. The molecule has 0 heterocycles. The highest BCUT2D eigenvalue weighted by Crippen LogP contribution is 2.41. The van der Waals surface area contributed by atoms with Crippen molar-refractivity contribution in [1.29, 1.82) is 0 Å². The highest BCUT2D eigenvalue weighted by Gasteiger charge is 2.33. The van der Waals surface area contributed by atoms with Crippen molar-refractivity contribution < 1.29 is 4.79 Å². The van der Waals surface area contributed by atoms with E-state index < -0.39 is 0 Å². The quantitative estimate of drug-likeness (QED) is 0.844. The number of amides is 1. The number of carbonyl (C=O) groups excluding carboxylic acids is 1. The summed E-state index contributed by atoms with van der Waals surface area (Å²) >= 11 is 5.89. The minimum atomic E-state index is -0.112. The molecule has 108 valence electrons. The molecule has 0 spiro atoms. The molecule has 0 saturated heterocycles. The lowest BCUT2D eigenvalue weighted by atomic mass is 10.0. The van der Waals surface area contributed by atoms with Crippen LogP contribution in [0.4, 0.5) is 5.69 Å². The van der Waals surface area contributed by atoms with Gasteiger partial charge in [-0.05, 0) is 42.5 Å². The van der Waals surface area contributed by atoms with Crippen molar-refractivity contribution >= 4 is 23.2 Å². The molecule has 1 saturated carbocycles. The van der Waals surface area contributed by atoms with Gasteiger partial charge in [0.2, 0.25) is 0 Å². The van der Waals surface area contributed by atoms with Crippen molar-refractivity contribution in [3.63, 3.8) is 0 Å². The highest BCUT2D eigenvalue weighted by molar-refractivity contribution is 6.33. The minimum Gasteiger partial charge on any atom is -0.398 e. The second-order valence-corrected chi connectivity index (χ2v) is 5.84. The zero-order valence-electron chi connectivity index (χ0n) is 11.6. The van der Waals surface area contributed by atoms with Crippen LogP contribution in [0.25, 0.3) is 0 Å². The van der Waals surface area contributed by atoms with Gasteiger partial charge in [0.25, 0.3) is 5.91 Å². The van der Waals surface area contributed by atoms with E-state index in [1.54, 1.807) is 18.2 Å². The summed E-state index contributed by atoms with van der Waals surface area (Å²) in [5.41, 5.74) is 7.87. The third-order valence-corrected chi connectivity index (χ3v) is 4.14. The van der Waals surface area contributed by atoms with Gasteiger partial charge in [-0.25, -0.2) is 0 Å². The van der Waals surface area contributed by atoms with Gasteiger partial charge in [-0.1, -0.05) is 41.9 Å². The van der Waals surface area contributed by atoms with Gasteiger partial charge in [0.05, 0.1) is 16.8 Å². The van der Waals surface area contributed by atoms with Crippen molar-refractivity contribution in [2.45, 2.75) is 18.9 Å². The number of carbonyl (C=O) groups is 1. The number of hydrogen-bond acceptors (Lipinski definition) is 2. The maximum absolute atomic E-state index is 12.4. The molecule has 1 aliphatic carbocycles. The average Bonchev–Trinajstić information content (AvgIpc) is 3.33. The maximum atomic E-state index is 12.4. The van der Waals surface area contributed by atoms with Crippen LogP contribution in [-0.2, 0) is 0 Å². The summed E-state index contributed by atoms with van der Waals surface area (Å²) in [5.74, 6) is 0.417. The molecule has 0 radical (unpaired) electrons. The Labute approximate surface area is 129 Å². The zero-order valence-corrected chi connectivity index (χ0v) is 12.3. The zero-order chi connectivity index (χ0) is 14.8. The Morgan fingerprint density at radius 3 is 2.52 bits per heavy atom. The summed E-state index contributed by atoms with van der Waals surface area (Å²) in [6, 6.07) is 15.1. The van der Waals surface area contributed by atoms with Crippen LogP contribution in [0.3, 0.4) is 0 Å². The lowest BCUT2D eigenvalue weighted by molar-refractivity contribution is 0.0931. The molecule has 0 aliphatic heterocycles. The first-order valence-corrected chi connectivity index (χ1v) is 7.44. The molecule has 21 heavy (non-hydrogen) atoms. The van der Waals surface area contributed by atoms with Gasteiger partial charge < -0.3 is 11.1 Å². The molecule has 2 aromatic rings. The molecule has 1 aliphatic rings. The van der Waals surface area contributed by atoms with Gasteiger partial charge in [0, 0.05) is 5.56 Å². The Kier molecular flexibility index (Phi) is 3.84. The van der Waals surface area contributed by atoms with Crippen molar-refractivity contribution in [3.05, 3.63) is 64.7 Å². The molecule has 1 atom stereocenters. The van der Waals surface area contributed by atoms with Gasteiger partial charge in [-0.2, -0.15) is 0 Å². The summed E-state index contributed by atoms with van der Waals surface area (Å²) in [7, 11) is 0. The smallest absolute Gasteiger partial charge is 0.251 e. The van der Waals surface area contributed by atoms with E-state index in [1.165, 1.54) is 0 Å². The molecule has 1 amide bonds. The van der Waals surface area contributed by atoms with Crippen LogP contribution in [0.2, 0.25) is 5.02 Å². The predicted molar refractivity (Wildman–Crippen MR) is 85.2 cm³/mol. The molecule has 1 unspecified atom stereocenters. The normalized spacial score (nSPS) is 15.5. The first-order chi connectivity index (χ1) is 10.1. The Morgan fingerprint density at radius 1 is 1.19 bits per heavy atom. The Morgan fingerprint density at radius 2 is 1.90 bits per heavy atom. The van der Waals surface area contributed by atoms with E-state index in [1.807, 2.05) is 18.2 Å². The van der Waals surface area contributed by atoms with Gasteiger partial charge in [-0.15, -0.1) is 0 Å². The number of nitrogens with two attached hydrogens (primary N) is 1. The Bertz CT molecular complexity index is 653. The predicted octanol–water partition coefficient (Wildman–Crippen LogP) is 3.80. The third kappa shape index (κ3) is 3.19. The molecule has 3 nitrogen and oxygen atoms in total. The third-order valence-electron chi connectivity index (χ3n) is 3.80. The fourth-order valence-electron chi connectivity index (χ4n) is 2.47. The SMILES string of the molecule is Nc1cc(C(=O)NC(c2ccccc2)C2CC2)ccc1Cl.